The third-order valence-electron chi connectivity index (χ3n) is 2.87. The fraction of sp³-hybridized carbons (Fsp3) is 0.769. The molecule has 1 saturated heterocycles. The molecule has 1 heterocycles. The van der Waals surface area contributed by atoms with E-state index in [0.717, 1.165) is 0 Å². The van der Waals surface area contributed by atoms with Crippen molar-refractivity contribution in [1.29, 1.82) is 0 Å². The Labute approximate surface area is 122 Å². The van der Waals surface area contributed by atoms with Crippen molar-refractivity contribution < 1.29 is 38.1 Å². The smallest absolute Gasteiger partial charge is 0.303 e. The van der Waals surface area contributed by atoms with Crippen LogP contribution in [0.3, 0.4) is 0 Å². The van der Waals surface area contributed by atoms with Gasteiger partial charge in [-0.2, -0.15) is 0 Å². The number of rotatable bonds is 5. The van der Waals surface area contributed by atoms with Crippen molar-refractivity contribution in [2.45, 2.75) is 45.2 Å². The number of ether oxygens (including phenoxy) is 5. The van der Waals surface area contributed by atoms with Crippen molar-refractivity contribution in [2.75, 3.05) is 20.3 Å². The topological polar surface area (TPSA) is 97.4 Å². The van der Waals surface area contributed by atoms with Gasteiger partial charge in [-0.15, -0.1) is 0 Å². The van der Waals surface area contributed by atoms with Gasteiger partial charge in [-0.1, -0.05) is 0 Å². The summed E-state index contributed by atoms with van der Waals surface area (Å²) in [6.45, 7) is 3.74. The summed E-state index contributed by atoms with van der Waals surface area (Å²) >= 11 is 0. The zero-order valence-electron chi connectivity index (χ0n) is 12.5. The summed E-state index contributed by atoms with van der Waals surface area (Å²) in [5, 5.41) is 0. The standard InChI is InChI=1S/C13H20O8/c1-7(14)18-5-10-13(21-9(3)16)12(17-4)11(6-19-10)20-8(2)15/h10-13H,5-6H2,1-4H3/t10-,11+,12-,13-/m1/s1. The molecule has 1 aliphatic heterocycles. The Morgan fingerprint density at radius 3 is 2.10 bits per heavy atom. The third-order valence-corrected chi connectivity index (χ3v) is 2.87. The predicted molar refractivity (Wildman–Crippen MR) is 68.3 cm³/mol. The highest BCUT2D eigenvalue weighted by Crippen LogP contribution is 2.24. The molecule has 0 spiro atoms. The quantitative estimate of drug-likeness (QED) is 0.510. The minimum absolute atomic E-state index is 0.0573. The molecule has 0 aromatic carbocycles. The lowest BCUT2D eigenvalue weighted by atomic mass is 9.99. The molecule has 0 unspecified atom stereocenters. The van der Waals surface area contributed by atoms with Crippen LogP contribution in [0.2, 0.25) is 0 Å². The molecular formula is C13H20O8. The molecule has 120 valence electrons. The van der Waals surface area contributed by atoms with E-state index in [9.17, 15) is 14.4 Å². The molecule has 1 aliphatic rings. The highest BCUT2D eigenvalue weighted by Gasteiger charge is 2.45. The van der Waals surface area contributed by atoms with Gasteiger partial charge in [0, 0.05) is 27.9 Å². The Hall–Kier alpha value is -1.67. The minimum Gasteiger partial charge on any atom is -0.463 e. The van der Waals surface area contributed by atoms with Crippen LogP contribution in [0.25, 0.3) is 0 Å². The highest BCUT2D eigenvalue weighted by atomic mass is 16.6. The van der Waals surface area contributed by atoms with E-state index in [0.29, 0.717) is 0 Å². The fourth-order valence-electron chi connectivity index (χ4n) is 2.11. The van der Waals surface area contributed by atoms with Crippen molar-refractivity contribution in [3.05, 3.63) is 0 Å². The van der Waals surface area contributed by atoms with Crippen molar-refractivity contribution >= 4 is 17.9 Å². The zero-order chi connectivity index (χ0) is 16.0. The van der Waals surface area contributed by atoms with Gasteiger partial charge < -0.3 is 23.7 Å². The molecule has 1 rings (SSSR count). The number of hydrogen-bond donors (Lipinski definition) is 0. The summed E-state index contributed by atoms with van der Waals surface area (Å²) in [6, 6.07) is 0. The lowest BCUT2D eigenvalue weighted by Crippen LogP contribution is -2.57. The van der Waals surface area contributed by atoms with Crippen molar-refractivity contribution in [2.24, 2.45) is 0 Å². The maximum atomic E-state index is 11.2. The lowest BCUT2D eigenvalue weighted by molar-refractivity contribution is -0.227. The second kappa shape index (κ2) is 7.94. The summed E-state index contributed by atoms with van der Waals surface area (Å²) in [6.07, 6.45) is -2.93. The van der Waals surface area contributed by atoms with Gasteiger partial charge >= 0.3 is 17.9 Å². The Bertz CT molecular complexity index is 394. The Morgan fingerprint density at radius 1 is 1.00 bits per heavy atom. The number of esters is 3. The van der Waals surface area contributed by atoms with Gasteiger partial charge in [0.1, 0.15) is 18.8 Å². The molecule has 0 aliphatic carbocycles. The van der Waals surface area contributed by atoms with Gasteiger partial charge in [0.25, 0.3) is 0 Å². The Morgan fingerprint density at radius 2 is 1.62 bits per heavy atom. The van der Waals surface area contributed by atoms with Crippen LogP contribution in [0, 0.1) is 0 Å². The van der Waals surface area contributed by atoms with Gasteiger partial charge in [-0.05, 0) is 0 Å². The van der Waals surface area contributed by atoms with Crippen LogP contribution in [-0.2, 0) is 38.1 Å². The molecule has 0 saturated carbocycles. The Balaban J connectivity index is 2.84. The summed E-state index contributed by atoms with van der Waals surface area (Å²) in [4.78, 5) is 33.2. The maximum absolute atomic E-state index is 11.2. The van der Waals surface area contributed by atoms with Crippen LogP contribution in [0.4, 0.5) is 0 Å². The molecule has 1 fully saturated rings. The van der Waals surface area contributed by atoms with E-state index < -0.39 is 42.3 Å². The van der Waals surface area contributed by atoms with E-state index in [-0.39, 0.29) is 13.2 Å². The lowest BCUT2D eigenvalue weighted by Gasteiger charge is -2.40. The van der Waals surface area contributed by atoms with E-state index in [1.54, 1.807) is 0 Å². The van der Waals surface area contributed by atoms with Crippen LogP contribution in [-0.4, -0.2) is 62.6 Å². The molecule has 4 atom stereocenters. The van der Waals surface area contributed by atoms with Crippen molar-refractivity contribution in [1.82, 2.24) is 0 Å². The molecule has 0 aromatic heterocycles. The van der Waals surface area contributed by atoms with E-state index in [2.05, 4.69) is 0 Å². The first-order chi connectivity index (χ1) is 9.85. The summed E-state index contributed by atoms with van der Waals surface area (Å²) in [5.74, 6) is -1.51. The molecular weight excluding hydrogens is 284 g/mol. The van der Waals surface area contributed by atoms with Gasteiger partial charge in [-0.3, -0.25) is 14.4 Å². The largest absolute Gasteiger partial charge is 0.463 e. The number of hydrogen-bond acceptors (Lipinski definition) is 8. The van der Waals surface area contributed by atoms with Crippen molar-refractivity contribution in [3.8, 4) is 0 Å². The maximum Gasteiger partial charge on any atom is 0.303 e. The molecule has 0 aromatic rings. The normalized spacial score (nSPS) is 28.6. The number of methoxy groups -OCH3 is 1. The average molecular weight is 304 g/mol. The fourth-order valence-corrected chi connectivity index (χ4v) is 2.11. The molecule has 0 N–H and O–H groups in total. The first-order valence-electron chi connectivity index (χ1n) is 6.47. The second-order valence-electron chi connectivity index (χ2n) is 4.60. The molecule has 0 radical (unpaired) electrons. The van der Waals surface area contributed by atoms with Gasteiger partial charge in [0.05, 0.1) is 6.61 Å². The van der Waals surface area contributed by atoms with Gasteiger partial charge in [0.15, 0.2) is 12.2 Å². The Kier molecular flexibility index (Phi) is 6.57. The first-order valence-corrected chi connectivity index (χ1v) is 6.47. The predicted octanol–water partition coefficient (Wildman–Crippen LogP) is -0.173. The van der Waals surface area contributed by atoms with E-state index in [1.165, 1.54) is 27.9 Å². The van der Waals surface area contributed by atoms with E-state index in [4.69, 9.17) is 23.7 Å². The molecule has 0 bridgehead atoms. The average Bonchev–Trinajstić information content (AvgIpc) is 2.36. The van der Waals surface area contributed by atoms with E-state index in [1.807, 2.05) is 0 Å². The van der Waals surface area contributed by atoms with Gasteiger partial charge in [-0.25, -0.2) is 0 Å². The minimum atomic E-state index is -0.843. The highest BCUT2D eigenvalue weighted by molar-refractivity contribution is 5.67. The monoisotopic (exact) mass is 304 g/mol. The van der Waals surface area contributed by atoms with Crippen LogP contribution >= 0.6 is 0 Å². The van der Waals surface area contributed by atoms with Crippen LogP contribution in [0.15, 0.2) is 0 Å². The van der Waals surface area contributed by atoms with Crippen LogP contribution < -0.4 is 0 Å². The number of carbonyl (C=O) groups excluding carboxylic acids is 3. The van der Waals surface area contributed by atoms with Crippen LogP contribution in [0.1, 0.15) is 20.8 Å². The third kappa shape index (κ3) is 5.31. The number of carbonyl (C=O) groups is 3. The van der Waals surface area contributed by atoms with E-state index >= 15 is 0 Å². The molecule has 0 amide bonds. The molecule has 21 heavy (non-hydrogen) atoms. The summed E-state index contributed by atoms with van der Waals surface area (Å²) < 4.78 is 25.9. The molecule has 8 heteroatoms. The zero-order valence-corrected chi connectivity index (χ0v) is 12.5. The van der Waals surface area contributed by atoms with Crippen molar-refractivity contribution in [3.63, 3.8) is 0 Å². The van der Waals surface area contributed by atoms with Crippen LogP contribution in [0.5, 0.6) is 0 Å². The van der Waals surface area contributed by atoms with Gasteiger partial charge in [0.2, 0.25) is 0 Å². The summed E-state index contributed by atoms with van der Waals surface area (Å²) in [5.41, 5.74) is 0. The molecule has 8 nitrogen and oxygen atoms in total. The SMILES string of the molecule is CO[C@H]1[C@H](OC(C)=O)[C@@H](COC(C)=O)OC[C@@H]1OC(C)=O. The summed E-state index contributed by atoms with van der Waals surface area (Å²) in [7, 11) is 1.41. The second-order valence-corrected chi connectivity index (χ2v) is 4.60. The first kappa shape index (κ1) is 17.4.